The third-order valence-electron chi connectivity index (χ3n) is 2.35. The first-order valence-corrected chi connectivity index (χ1v) is 5.86. The van der Waals surface area contributed by atoms with Gasteiger partial charge in [-0.2, -0.15) is 13.2 Å². The van der Waals surface area contributed by atoms with Crippen molar-refractivity contribution >= 4 is 11.9 Å². The van der Waals surface area contributed by atoms with E-state index in [-0.39, 0.29) is 6.54 Å². The second kappa shape index (κ2) is 6.79. The minimum Gasteiger partial charge on any atom is -0.377 e. The smallest absolute Gasteiger partial charge is 0.377 e. The number of allylic oxidation sites excluding steroid dienone is 1. The Morgan fingerprint density at radius 1 is 1.35 bits per heavy atom. The Hall–Kier alpha value is -2.24. The number of hydrogen-bond donors (Lipinski definition) is 2. The first-order chi connectivity index (χ1) is 9.32. The highest BCUT2D eigenvalue weighted by Gasteiger charge is 2.31. The lowest BCUT2D eigenvalue weighted by molar-refractivity contribution is -0.0964. The molecule has 0 spiro atoms. The van der Waals surface area contributed by atoms with Gasteiger partial charge in [-0.05, 0) is 24.6 Å². The summed E-state index contributed by atoms with van der Waals surface area (Å²) in [6.45, 7) is 8.44. The van der Waals surface area contributed by atoms with Crippen molar-refractivity contribution in [1.82, 2.24) is 5.32 Å². The van der Waals surface area contributed by atoms with Gasteiger partial charge in [0.05, 0.1) is 0 Å². The molecular weight excluding hydrogens is 267 g/mol. The number of benzene rings is 1. The fourth-order valence-electron chi connectivity index (χ4n) is 1.42. The molecule has 1 aromatic rings. The minimum atomic E-state index is -4.43. The molecule has 0 aliphatic carbocycles. The molecule has 0 aliphatic rings. The number of nitrogens with zero attached hydrogens (tertiary/aromatic N) is 1. The first-order valence-electron chi connectivity index (χ1n) is 5.86. The predicted molar refractivity (Wildman–Crippen MR) is 75.4 cm³/mol. The topological polar surface area (TPSA) is 36.4 Å². The van der Waals surface area contributed by atoms with Gasteiger partial charge >= 0.3 is 6.18 Å². The molecule has 0 bridgehead atoms. The molecule has 1 rings (SSSR count). The Balaban J connectivity index is 2.65. The number of hydrogen-bond acceptors (Lipinski definition) is 3. The van der Waals surface area contributed by atoms with Gasteiger partial charge in [-0.25, -0.2) is 4.99 Å². The summed E-state index contributed by atoms with van der Waals surface area (Å²) in [6, 6.07) is 6.94. The van der Waals surface area contributed by atoms with Crippen LogP contribution in [0.1, 0.15) is 12.5 Å². The molecule has 108 valence electrons. The van der Waals surface area contributed by atoms with Crippen LogP contribution in [-0.2, 0) is 6.54 Å². The molecular formula is C14H16F3N3. The summed E-state index contributed by atoms with van der Waals surface area (Å²) in [7, 11) is 0. The lowest BCUT2D eigenvalue weighted by Gasteiger charge is -2.13. The van der Waals surface area contributed by atoms with Crippen molar-refractivity contribution < 1.29 is 13.2 Å². The Morgan fingerprint density at radius 2 is 2.05 bits per heavy atom. The normalized spacial score (nSPS) is 11.4. The monoisotopic (exact) mass is 283 g/mol. The van der Waals surface area contributed by atoms with Crippen LogP contribution < -0.4 is 10.6 Å². The van der Waals surface area contributed by atoms with Crippen molar-refractivity contribution in [2.45, 2.75) is 19.6 Å². The van der Waals surface area contributed by atoms with E-state index in [1.807, 2.05) is 0 Å². The molecule has 0 saturated heterocycles. The van der Waals surface area contributed by atoms with Gasteiger partial charge in [0.15, 0.2) is 0 Å². The maximum atomic E-state index is 12.3. The quantitative estimate of drug-likeness (QED) is 0.778. The minimum absolute atomic E-state index is 0.0391. The van der Waals surface area contributed by atoms with Crippen molar-refractivity contribution in [3.05, 3.63) is 54.5 Å². The predicted octanol–water partition coefficient (Wildman–Crippen LogP) is 3.83. The molecule has 0 radical (unpaired) electrons. The summed E-state index contributed by atoms with van der Waals surface area (Å²) >= 11 is 0. The van der Waals surface area contributed by atoms with Crippen LogP contribution in [0.25, 0.3) is 0 Å². The zero-order chi connectivity index (χ0) is 15.2. The summed E-state index contributed by atoms with van der Waals surface area (Å²) in [5.74, 6) is 0.456. The fraction of sp³-hybridized carbons (Fsp3) is 0.214. The van der Waals surface area contributed by atoms with Crippen LogP contribution >= 0.6 is 0 Å². The summed E-state index contributed by atoms with van der Waals surface area (Å²) in [5, 5.41) is 5.18. The average Bonchev–Trinajstić information content (AvgIpc) is 2.35. The molecule has 0 fully saturated rings. The van der Waals surface area contributed by atoms with E-state index in [1.54, 1.807) is 37.4 Å². The number of nitrogens with one attached hydrogen (secondary N) is 2. The maximum Gasteiger partial charge on any atom is 0.430 e. The lowest BCUT2D eigenvalue weighted by Crippen LogP contribution is -2.24. The molecule has 6 heteroatoms. The number of alkyl halides is 3. The van der Waals surface area contributed by atoms with Crippen LogP contribution in [-0.4, -0.2) is 12.4 Å². The zero-order valence-electron chi connectivity index (χ0n) is 11.1. The Morgan fingerprint density at radius 3 is 2.65 bits per heavy atom. The van der Waals surface area contributed by atoms with Crippen molar-refractivity contribution in [2.24, 2.45) is 4.99 Å². The summed E-state index contributed by atoms with van der Waals surface area (Å²) < 4.78 is 36.9. The molecule has 3 nitrogen and oxygen atoms in total. The maximum absolute atomic E-state index is 12.3. The van der Waals surface area contributed by atoms with Crippen molar-refractivity contribution in [2.75, 3.05) is 5.32 Å². The molecule has 0 heterocycles. The van der Waals surface area contributed by atoms with Crippen molar-refractivity contribution in [3.63, 3.8) is 0 Å². The SMILES string of the molecule is C=C(/N=C\C)Nc1cccc(CNC(=C)C(F)(F)F)c1. The molecule has 0 aromatic heterocycles. The van der Waals surface area contributed by atoms with E-state index < -0.39 is 11.9 Å². The van der Waals surface area contributed by atoms with E-state index in [9.17, 15) is 13.2 Å². The van der Waals surface area contributed by atoms with Crippen molar-refractivity contribution in [1.29, 1.82) is 0 Å². The van der Waals surface area contributed by atoms with E-state index in [4.69, 9.17) is 0 Å². The molecule has 20 heavy (non-hydrogen) atoms. The van der Waals surface area contributed by atoms with Crippen LogP contribution in [0.4, 0.5) is 18.9 Å². The van der Waals surface area contributed by atoms with E-state index in [0.717, 1.165) is 0 Å². The molecule has 0 atom stereocenters. The lowest BCUT2D eigenvalue weighted by atomic mass is 10.2. The number of aliphatic imine (C=N–C) groups is 1. The Bertz CT molecular complexity index is 519. The van der Waals surface area contributed by atoms with Crippen LogP contribution in [0, 0.1) is 0 Å². The van der Waals surface area contributed by atoms with E-state index in [2.05, 4.69) is 28.8 Å². The molecule has 1 aromatic carbocycles. The summed E-state index contributed by atoms with van der Waals surface area (Å²) in [5.41, 5.74) is 0.432. The van der Waals surface area contributed by atoms with Crippen LogP contribution in [0.2, 0.25) is 0 Å². The number of halogens is 3. The van der Waals surface area contributed by atoms with Gasteiger partial charge in [-0.3, -0.25) is 0 Å². The molecule has 0 aliphatic heterocycles. The average molecular weight is 283 g/mol. The van der Waals surface area contributed by atoms with E-state index in [1.165, 1.54) is 0 Å². The van der Waals surface area contributed by atoms with Gasteiger partial charge in [0.2, 0.25) is 0 Å². The van der Waals surface area contributed by atoms with Gasteiger partial charge < -0.3 is 10.6 Å². The molecule has 0 unspecified atom stereocenters. The third kappa shape index (κ3) is 5.17. The standard InChI is InChI=1S/C14H16F3N3/c1-4-18-11(3)20-13-7-5-6-12(8-13)9-19-10(2)14(15,16)17/h4-8,19-20H,2-3,9H2,1H3/b18-4-. The molecule has 0 amide bonds. The number of rotatable bonds is 6. The largest absolute Gasteiger partial charge is 0.430 e. The first kappa shape index (κ1) is 15.8. The second-order valence-electron chi connectivity index (χ2n) is 3.99. The summed E-state index contributed by atoms with van der Waals surface area (Å²) in [4.78, 5) is 3.95. The van der Waals surface area contributed by atoms with Gasteiger partial charge in [0, 0.05) is 18.4 Å². The van der Waals surface area contributed by atoms with Gasteiger partial charge in [0.1, 0.15) is 11.5 Å². The van der Waals surface area contributed by atoms with Gasteiger partial charge in [0.25, 0.3) is 0 Å². The van der Waals surface area contributed by atoms with Gasteiger partial charge in [-0.1, -0.05) is 25.3 Å². The molecule has 0 saturated carbocycles. The van der Waals surface area contributed by atoms with Crippen LogP contribution in [0.15, 0.2) is 53.9 Å². The fourth-order valence-corrected chi connectivity index (χ4v) is 1.42. The van der Waals surface area contributed by atoms with E-state index in [0.29, 0.717) is 17.1 Å². The Labute approximate surface area is 115 Å². The highest BCUT2D eigenvalue weighted by molar-refractivity contribution is 5.58. The van der Waals surface area contributed by atoms with E-state index >= 15 is 0 Å². The third-order valence-corrected chi connectivity index (χ3v) is 2.35. The highest BCUT2D eigenvalue weighted by atomic mass is 19.4. The number of anilines is 1. The Kier molecular flexibility index (Phi) is 5.37. The highest BCUT2D eigenvalue weighted by Crippen LogP contribution is 2.22. The zero-order valence-corrected chi connectivity index (χ0v) is 11.1. The second-order valence-corrected chi connectivity index (χ2v) is 3.99. The van der Waals surface area contributed by atoms with Gasteiger partial charge in [-0.15, -0.1) is 0 Å². The van der Waals surface area contributed by atoms with Crippen LogP contribution in [0.3, 0.4) is 0 Å². The summed E-state index contributed by atoms with van der Waals surface area (Å²) in [6.07, 6.45) is -2.84. The molecule has 2 N–H and O–H groups in total. The van der Waals surface area contributed by atoms with Crippen molar-refractivity contribution in [3.8, 4) is 0 Å². The van der Waals surface area contributed by atoms with Crippen LogP contribution in [0.5, 0.6) is 0 Å².